The van der Waals surface area contributed by atoms with E-state index < -0.39 is 0 Å². The van der Waals surface area contributed by atoms with E-state index in [4.69, 9.17) is 0 Å². The van der Waals surface area contributed by atoms with E-state index in [1.165, 1.54) is 25.3 Å². The van der Waals surface area contributed by atoms with Crippen LogP contribution in [0.15, 0.2) is 68.7 Å². The first-order valence-corrected chi connectivity index (χ1v) is 15.1. The predicted molar refractivity (Wildman–Crippen MR) is 182 cm³/mol. The summed E-state index contributed by atoms with van der Waals surface area (Å²) in [7, 11) is 0. The average Bonchev–Trinajstić information content (AvgIpc) is 3.12. The average molecular weight is 625 g/mol. The third kappa shape index (κ3) is 43.7. The van der Waals surface area contributed by atoms with Crippen LogP contribution in [0, 0.1) is 34.6 Å². The molecule has 45 heavy (non-hydrogen) atoms. The van der Waals surface area contributed by atoms with Crippen molar-refractivity contribution < 1.29 is 0 Å². The van der Waals surface area contributed by atoms with Crippen molar-refractivity contribution in [3.63, 3.8) is 0 Å². The van der Waals surface area contributed by atoms with Gasteiger partial charge >= 0.3 is 0 Å². The Hall–Kier alpha value is -4.88. The summed E-state index contributed by atoms with van der Waals surface area (Å²) in [5.41, 5.74) is 2.71. The minimum absolute atomic E-state index is 0.711. The Labute approximate surface area is 271 Å². The zero-order valence-corrected chi connectivity index (χ0v) is 30.1. The maximum Gasteiger partial charge on any atom is 0.147 e. The van der Waals surface area contributed by atoms with E-state index >= 15 is 0 Å². The van der Waals surface area contributed by atoms with Gasteiger partial charge in [0.25, 0.3) is 0 Å². The molecule has 0 saturated heterocycles. The van der Waals surface area contributed by atoms with Crippen LogP contribution < -0.4 is 0 Å². The van der Waals surface area contributed by atoms with Gasteiger partial charge in [-0.25, -0.2) is 29.9 Å². The van der Waals surface area contributed by atoms with E-state index in [0.717, 1.165) is 22.9 Å². The zero-order chi connectivity index (χ0) is 35.6. The lowest BCUT2D eigenvalue weighted by atomic mass is 10.5. The summed E-state index contributed by atoms with van der Waals surface area (Å²) in [5, 5.41) is 21.4. The smallest absolute Gasteiger partial charge is 0.147 e. The van der Waals surface area contributed by atoms with Gasteiger partial charge < -0.3 is 0 Å². The molecule has 250 valence electrons. The van der Waals surface area contributed by atoms with Gasteiger partial charge in [-0.3, -0.25) is 9.97 Å². The maximum atomic E-state index is 3.92. The van der Waals surface area contributed by atoms with Gasteiger partial charge in [-0.05, 0) is 34.6 Å². The van der Waals surface area contributed by atoms with Crippen molar-refractivity contribution >= 4 is 0 Å². The van der Waals surface area contributed by atoms with Crippen LogP contribution in [-0.4, -0.2) is 70.5 Å². The first-order valence-electron chi connectivity index (χ1n) is 15.1. The number of aryl methyl sites for hydroxylation is 5. The lowest BCUT2D eigenvalue weighted by molar-refractivity contribution is 0.907. The number of aromatic nitrogens is 14. The summed E-state index contributed by atoms with van der Waals surface area (Å²) < 4.78 is 0. The van der Waals surface area contributed by atoms with Crippen molar-refractivity contribution in [1.29, 1.82) is 0 Å². The van der Waals surface area contributed by atoms with E-state index in [9.17, 15) is 0 Å². The van der Waals surface area contributed by atoms with Crippen molar-refractivity contribution in [2.75, 3.05) is 0 Å². The van der Waals surface area contributed by atoms with Gasteiger partial charge in [0.1, 0.15) is 37.0 Å². The van der Waals surface area contributed by atoms with Crippen LogP contribution in [0.2, 0.25) is 0 Å². The summed E-state index contributed by atoms with van der Waals surface area (Å²) >= 11 is 0. The minimum Gasteiger partial charge on any atom is -0.261 e. The molecule has 5 rings (SSSR count). The monoisotopic (exact) mass is 624 g/mol. The van der Waals surface area contributed by atoms with Gasteiger partial charge in [-0.15, -0.1) is 15.3 Å². The lowest BCUT2D eigenvalue weighted by Gasteiger charge is -1.81. The molecular weight excluding hydrogens is 568 g/mol. The fraction of sp³-hybridized carbons (Fsp3) is 0.484. The van der Waals surface area contributed by atoms with Gasteiger partial charge in [0, 0.05) is 24.8 Å². The number of rotatable bonds is 0. The first-order chi connectivity index (χ1) is 22.0. The Morgan fingerprint density at radius 3 is 1.11 bits per heavy atom. The van der Waals surface area contributed by atoms with Crippen molar-refractivity contribution in [2.24, 2.45) is 0 Å². The molecule has 0 bridgehead atoms. The second kappa shape index (κ2) is 46.1. The molecule has 5 aromatic heterocycles. The topological polar surface area (TPSA) is 180 Å². The van der Waals surface area contributed by atoms with Crippen LogP contribution in [0.1, 0.15) is 98.0 Å². The van der Waals surface area contributed by atoms with Gasteiger partial charge in [-0.1, -0.05) is 69.2 Å². The molecule has 0 fully saturated rings. The van der Waals surface area contributed by atoms with Gasteiger partial charge in [0.05, 0.1) is 35.7 Å². The van der Waals surface area contributed by atoms with Crippen molar-refractivity contribution in [3.8, 4) is 0 Å². The highest BCUT2D eigenvalue weighted by Crippen LogP contribution is 1.81. The highest BCUT2D eigenvalue weighted by atomic mass is 15.1. The number of hydrogen-bond donors (Lipinski definition) is 0. The second-order valence-electron chi connectivity index (χ2n) is 6.22. The van der Waals surface area contributed by atoms with E-state index in [1.54, 1.807) is 50.3 Å². The Bertz CT molecular complexity index is 908. The maximum absolute atomic E-state index is 3.92. The summed E-state index contributed by atoms with van der Waals surface area (Å²) in [6.45, 7) is 29.2. The highest BCUT2D eigenvalue weighted by molar-refractivity contribution is 4.89. The van der Waals surface area contributed by atoms with Gasteiger partial charge in [0.15, 0.2) is 0 Å². The Balaban J connectivity index is -0.000000138. The second-order valence-corrected chi connectivity index (χ2v) is 6.22. The van der Waals surface area contributed by atoms with Crippen molar-refractivity contribution in [3.05, 3.63) is 97.4 Å². The zero-order valence-electron chi connectivity index (χ0n) is 30.1. The molecule has 0 aromatic carbocycles. The summed E-state index contributed by atoms with van der Waals surface area (Å²) in [6.07, 6.45) is 17.3. The molecule has 0 aliphatic rings. The molecule has 0 unspecified atom stereocenters. The fourth-order valence-corrected chi connectivity index (χ4v) is 1.59. The van der Waals surface area contributed by atoms with E-state index in [1.807, 2.05) is 96.9 Å². The molecule has 0 aliphatic carbocycles. The van der Waals surface area contributed by atoms with Crippen LogP contribution in [0.4, 0.5) is 0 Å². The van der Waals surface area contributed by atoms with Crippen LogP contribution in [0.3, 0.4) is 0 Å². The molecule has 14 nitrogen and oxygen atoms in total. The normalized spacial score (nSPS) is 7.44. The largest absolute Gasteiger partial charge is 0.261 e. The molecule has 5 aromatic rings. The predicted octanol–water partition coefficient (Wildman–Crippen LogP) is 6.64. The SMILES string of the molecule is CC.CC.CC.CC.CC.Cc1cnccn1.Cc1cncnn1.Cc1cnncn1.Cc1nccnn1.Cc1ncncn1. The van der Waals surface area contributed by atoms with Crippen molar-refractivity contribution in [1.82, 2.24) is 70.5 Å². The van der Waals surface area contributed by atoms with Crippen LogP contribution in [-0.2, 0) is 0 Å². The van der Waals surface area contributed by atoms with E-state index in [-0.39, 0.29) is 0 Å². The molecule has 0 amide bonds. The number of hydrogen-bond acceptors (Lipinski definition) is 14. The molecule has 0 saturated carbocycles. The molecule has 0 atom stereocenters. The Morgan fingerprint density at radius 2 is 0.889 bits per heavy atom. The summed E-state index contributed by atoms with van der Waals surface area (Å²) in [5.74, 6) is 1.47. The van der Waals surface area contributed by atoms with E-state index in [0.29, 0.717) is 5.82 Å². The van der Waals surface area contributed by atoms with Crippen LogP contribution >= 0.6 is 0 Å². The molecule has 5 heterocycles. The molecule has 0 N–H and O–H groups in total. The van der Waals surface area contributed by atoms with Gasteiger partial charge in [0.2, 0.25) is 0 Å². The standard InChI is InChI=1S/C5H6N2.4C4H5N3.5C2H6/c1-5-4-6-2-3-7-5;1-4-6-2-5-3-7-4;1-4-2-6-7-3-5-4;1-4-2-5-3-6-7-4;1-4-5-2-3-6-7-4;5*1-2/h2-4H,1H3;4*2-3H,1H3;5*1-2H3. The van der Waals surface area contributed by atoms with Crippen LogP contribution in [0.25, 0.3) is 0 Å². The number of nitrogens with zero attached hydrogens (tertiary/aromatic N) is 14. The quantitative estimate of drug-likeness (QED) is 0.179. The minimum atomic E-state index is 0.711. The molecular formula is C31H56N14. The fourth-order valence-electron chi connectivity index (χ4n) is 1.59. The summed E-state index contributed by atoms with van der Waals surface area (Å²) in [4.78, 5) is 30.2. The molecule has 0 spiro atoms. The molecule has 14 heteroatoms. The van der Waals surface area contributed by atoms with E-state index in [2.05, 4.69) is 70.5 Å². The first kappa shape index (κ1) is 49.8. The third-order valence-electron chi connectivity index (χ3n) is 3.13. The van der Waals surface area contributed by atoms with Gasteiger partial charge in [-0.2, -0.15) is 15.3 Å². The van der Waals surface area contributed by atoms with Crippen molar-refractivity contribution in [2.45, 2.75) is 104 Å². The lowest BCUT2D eigenvalue weighted by Crippen LogP contribution is -1.85. The third-order valence-corrected chi connectivity index (χ3v) is 3.13. The molecule has 0 radical (unpaired) electrons. The highest BCUT2D eigenvalue weighted by Gasteiger charge is 1.78. The Kier molecular flexibility index (Phi) is 51.0. The summed E-state index contributed by atoms with van der Waals surface area (Å²) in [6, 6.07) is 0. The van der Waals surface area contributed by atoms with Crippen LogP contribution in [0.5, 0.6) is 0 Å². The Morgan fingerprint density at radius 1 is 0.333 bits per heavy atom. The molecule has 0 aliphatic heterocycles.